The second kappa shape index (κ2) is 9.90. The third-order valence-corrected chi connectivity index (χ3v) is 6.64. The van der Waals surface area contributed by atoms with Crippen molar-refractivity contribution >= 4 is 5.97 Å². The Morgan fingerprint density at radius 2 is 1.73 bits per heavy atom. The maximum absolute atomic E-state index is 11.6. The summed E-state index contributed by atoms with van der Waals surface area (Å²) in [6.45, 7) is 6.51. The van der Waals surface area contributed by atoms with Crippen LogP contribution in [0.15, 0.2) is 48.5 Å². The van der Waals surface area contributed by atoms with Gasteiger partial charge in [0.25, 0.3) is 0 Å². The average Bonchev–Trinajstić information content (AvgIpc) is 3.22. The summed E-state index contributed by atoms with van der Waals surface area (Å²) < 4.78 is 2.08. The van der Waals surface area contributed by atoms with Gasteiger partial charge in [-0.1, -0.05) is 74.6 Å². The van der Waals surface area contributed by atoms with E-state index in [0.717, 1.165) is 40.7 Å². The van der Waals surface area contributed by atoms with Crippen LogP contribution in [0.1, 0.15) is 86.9 Å². The molecule has 0 amide bonds. The molecule has 0 unspecified atom stereocenters. The Morgan fingerprint density at radius 3 is 2.39 bits per heavy atom. The Labute approximate surface area is 196 Å². The molecule has 0 radical (unpaired) electrons. The van der Waals surface area contributed by atoms with Gasteiger partial charge in [-0.3, -0.25) is 0 Å². The van der Waals surface area contributed by atoms with E-state index in [-0.39, 0.29) is 5.54 Å². The predicted octanol–water partition coefficient (Wildman–Crippen LogP) is 6.50. The highest BCUT2D eigenvalue weighted by atomic mass is 16.4. The first-order chi connectivity index (χ1) is 15.8. The molecule has 5 heteroatoms. The van der Waals surface area contributed by atoms with Crippen LogP contribution in [0.3, 0.4) is 0 Å². The van der Waals surface area contributed by atoms with E-state index < -0.39 is 5.97 Å². The number of aromatic carboxylic acids is 1. The first kappa shape index (κ1) is 23.2. The number of benzene rings is 2. The van der Waals surface area contributed by atoms with Gasteiger partial charge in [0, 0.05) is 12.8 Å². The first-order valence-corrected chi connectivity index (χ1v) is 12.2. The standard InChI is InChI=1S/C28H35N3O2/c1-28(2,3)31-26(29-25(30-31)18-15-20-9-5-4-6-10-20)19-21-13-16-22(17-14-21)23-11-7-8-12-24(23)27(32)33/h7-8,11-14,16-17,20H,4-6,9-10,15,18-19H2,1-3H3,(H,32,33). The highest BCUT2D eigenvalue weighted by molar-refractivity contribution is 5.95. The lowest BCUT2D eigenvalue weighted by Crippen LogP contribution is -2.25. The van der Waals surface area contributed by atoms with Crippen molar-refractivity contribution in [2.24, 2.45) is 5.92 Å². The summed E-state index contributed by atoms with van der Waals surface area (Å²) in [5.41, 5.74) is 2.97. The number of aromatic nitrogens is 3. The Kier molecular flexibility index (Phi) is 6.96. The molecule has 1 aliphatic carbocycles. The molecular formula is C28H35N3O2. The Morgan fingerprint density at radius 1 is 1.03 bits per heavy atom. The van der Waals surface area contributed by atoms with E-state index in [1.54, 1.807) is 12.1 Å². The minimum absolute atomic E-state index is 0.133. The van der Waals surface area contributed by atoms with E-state index >= 15 is 0 Å². The van der Waals surface area contributed by atoms with Gasteiger partial charge in [0.05, 0.1) is 11.1 Å². The monoisotopic (exact) mass is 445 g/mol. The molecule has 1 fully saturated rings. The number of hydrogen-bond donors (Lipinski definition) is 1. The lowest BCUT2D eigenvalue weighted by atomic mass is 9.86. The third kappa shape index (κ3) is 5.70. The second-order valence-electron chi connectivity index (χ2n) is 10.3. The largest absolute Gasteiger partial charge is 0.478 e. The number of carboxylic acids is 1. The molecule has 1 aromatic heterocycles. The van der Waals surface area contributed by atoms with Crippen LogP contribution in [-0.4, -0.2) is 25.8 Å². The molecule has 1 aliphatic rings. The zero-order valence-electron chi connectivity index (χ0n) is 20.1. The molecule has 2 aromatic carbocycles. The van der Waals surface area contributed by atoms with Crippen LogP contribution in [0.2, 0.25) is 0 Å². The molecule has 1 saturated carbocycles. The van der Waals surface area contributed by atoms with Crippen LogP contribution in [0.25, 0.3) is 11.1 Å². The summed E-state index contributed by atoms with van der Waals surface area (Å²) in [7, 11) is 0. The third-order valence-electron chi connectivity index (χ3n) is 6.64. The molecule has 0 saturated heterocycles. The first-order valence-electron chi connectivity index (χ1n) is 12.2. The fourth-order valence-corrected chi connectivity index (χ4v) is 4.86. The predicted molar refractivity (Wildman–Crippen MR) is 132 cm³/mol. The Hall–Kier alpha value is -2.95. The van der Waals surface area contributed by atoms with Crippen molar-refractivity contribution in [2.75, 3.05) is 0 Å². The molecule has 4 rings (SSSR count). The van der Waals surface area contributed by atoms with Gasteiger partial charge >= 0.3 is 5.97 Å². The second-order valence-corrected chi connectivity index (χ2v) is 10.3. The summed E-state index contributed by atoms with van der Waals surface area (Å²) in [6.07, 6.45) is 9.66. The van der Waals surface area contributed by atoms with Gasteiger partial charge in [-0.25, -0.2) is 14.5 Å². The molecular weight excluding hydrogens is 410 g/mol. The lowest BCUT2D eigenvalue weighted by molar-refractivity contribution is 0.0697. The fourth-order valence-electron chi connectivity index (χ4n) is 4.86. The molecule has 0 spiro atoms. The summed E-state index contributed by atoms with van der Waals surface area (Å²) in [4.78, 5) is 16.5. The summed E-state index contributed by atoms with van der Waals surface area (Å²) in [5.74, 6) is 1.86. The van der Waals surface area contributed by atoms with Crippen molar-refractivity contribution in [1.82, 2.24) is 14.8 Å². The minimum atomic E-state index is -0.909. The van der Waals surface area contributed by atoms with E-state index in [2.05, 4.69) is 37.6 Å². The van der Waals surface area contributed by atoms with E-state index in [1.807, 2.05) is 24.3 Å². The molecule has 1 N–H and O–H groups in total. The molecule has 0 bridgehead atoms. The SMILES string of the molecule is CC(C)(C)n1nc(CCC2CCCCC2)nc1Cc1ccc(-c2ccccc2C(=O)O)cc1. The molecule has 3 aromatic rings. The maximum atomic E-state index is 11.6. The highest BCUT2D eigenvalue weighted by Crippen LogP contribution is 2.28. The van der Waals surface area contributed by atoms with Crippen LogP contribution < -0.4 is 0 Å². The zero-order valence-corrected chi connectivity index (χ0v) is 20.1. The number of rotatable bonds is 7. The zero-order chi connectivity index (χ0) is 23.4. The van der Waals surface area contributed by atoms with Gasteiger partial charge in [0.1, 0.15) is 5.82 Å². The molecule has 33 heavy (non-hydrogen) atoms. The van der Waals surface area contributed by atoms with Crippen LogP contribution in [0.5, 0.6) is 0 Å². The van der Waals surface area contributed by atoms with Crippen molar-refractivity contribution in [3.8, 4) is 11.1 Å². The van der Waals surface area contributed by atoms with Gasteiger partial charge in [0.15, 0.2) is 5.82 Å². The maximum Gasteiger partial charge on any atom is 0.336 e. The van der Waals surface area contributed by atoms with E-state index in [9.17, 15) is 9.90 Å². The Balaban J connectivity index is 1.52. The summed E-state index contributed by atoms with van der Waals surface area (Å²) in [5, 5.41) is 14.4. The van der Waals surface area contributed by atoms with Crippen molar-refractivity contribution in [1.29, 1.82) is 0 Å². The van der Waals surface area contributed by atoms with Crippen LogP contribution in [0.4, 0.5) is 0 Å². The summed E-state index contributed by atoms with van der Waals surface area (Å²) in [6, 6.07) is 15.3. The van der Waals surface area contributed by atoms with Crippen LogP contribution in [0, 0.1) is 5.92 Å². The van der Waals surface area contributed by atoms with Crippen LogP contribution >= 0.6 is 0 Å². The number of carbonyl (C=O) groups is 1. The molecule has 1 heterocycles. The lowest BCUT2D eigenvalue weighted by Gasteiger charge is -2.21. The molecule has 5 nitrogen and oxygen atoms in total. The van der Waals surface area contributed by atoms with Gasteiger partial charge in [-0.2, -0.15) is 5.10 Å². The van der Waals surface area contributed by atoms with Crippen molar-refractivity contribution in [3.05, 3.63) is 71.3 Å². The van der Waals surface area contributed by atoms with Crippen molar-refractivity contribution < 1.29 is 9.90 Å². The fraction of sp³-hybridized carbons (Fsp3) is 0.464. The topological polar surface area (TPSA) is 68.0 Å². The smallest absolute Gasteiger partial charge is 0.336 e. The number of hydrogen-bond acceptors (Lipinski definition) is 3. The van der Waals surface area contributed by atoms with E-state index in [4.69, 9.17) is 10.1 Å². The van der Waals surface area contributed by atoms with Crippen molar-refractivity contribution in [2.45, 2.75) is 77.7 Å². The van der Waals surface area contributed by atoms with Gasteiger partial charge in [-0.05, 0) is 55.9 Å². The molecule has 0 atom stereocenters. The molecule has 174 valence electrons. The number of aryl methyl sites for hydroxylation is 1. The Bertz CT molecular complexity index is 1090. The van der Waals surface area contributed by atoms with E-state index in [0.29, 0.717) is 12.0 Å². The minimum Gasteiger partial charge on any atom is -0.478 e. The summed E-state index contributed by atoms with van der Waals surface area (Å²) >= 11 is 0. The van der Waals surface area contributed by atoms with E-state index in [1.165, 1.54) is 38.5 Å². The number of carboxylic acid groups (broad SMARTS) is 1. The average molecular weight is 446 g/mol. The normalized spacial score (nSPS) is 15.0. The van der Waals surface area contributed by atoms with Crippen LogP contribution in [-0.2, 0) is 18.4 Å². The molecule has 0 aliphatic heterocycles. The highest BCUT2D eigenvalue weighted by Gasteiger charge is 2.22. The van der Waals surface area contributed by atoms with Gasteiger partial charge in [-0.15, -0.1) is 0 Å². The number of nitrogens with zero attached hydrogens (tertiary/aromatic N) is 3. The quantitative estimate of drug-likeness (QED) is 0.450. The van der Waals surface area contributed by atoms with Gasteiger partial charge in [0.2, 0.25) is 0 Å². The van der Waals surface area contributed by atoms with Gasteiger partial charge < -0.3 is 5.11 Å². The van der Waals surface area contributed by atoms with Crippen molar-refractivity contribution in [3.63, 3.8) is 0 Å².